The SMILES string of the molecule is COc1ccc([C@H]2[C@@H]3CCCC[C@@H]3[C@@H]2NC[C@@H]2CCOC2)cc1. The molecule has 0 bridgehead atoms. The van der Waals surface area contributed by atoms with Gasteiger partial charge in [-0.05, 0) is 54.7 Å². The second kappa shape index (κ2) is 6.82. The first kappa shape index (κ1) is 15.5. The predicted molar refractivity (Wildman–Crippen MR) is 91.9 cm³/mol. The molecule has 3 fully saturated rings. The molecule has 126 valence electrons. The van der Waals surface area contributed by atoms with Crippen LogP contribution in [0.3, 0.4) is 0 Å². The molecule has 0 spiro atoms. The Bertz CT molecular complexity index is 509. The quantitative estimate of drug-likeness (QED) is 0.900. The molecule has 0 radical (unpaired) electrons. The minimum atomic E-state index is 0.661. The summed E-state index contributed by atoms with van der Waals surface area (Å²) in [6.07, 6.45) is 6.88. The van der Waals surface area contributed by atoms with Crippen molar-refractivity contribution >= 4 is 0 Å². The van der Waals surface area contributed by atoms with Crippen molar-refractivity contribution < 1.29 is 9.47 Å². The third-order valence-electron chi connectivity index (χ3n) is 6.35. The number of rotatable bonds is 5. The molecule has 23 heavy (non-hydrogen) atoms. The highest BCUT2D eigenvalue weighted by molar-refractivity contribution is 5.33. The maximum atomic E-state index is 5.53. The largest absolute Gasteiger partial charge is 0.497 e. The summed E-state index contributed by atoms with van der Waals surface area (Å²) < 4.78 is 10.9. The van der Waals surface area contributed by atoms with E-state index < -0.39 is 0 Å². The van der Waals surface area contributed by atoms with E-state index in [1.807, 2.05) is 0 Å². The topological polar surface area (TPSA) is 30.5 Å². The van der Waals surface area contributed by atoms with Gasteiger partial charge in [0.2, 0.25) is 0 Å². The number of hydrogen-bond acceptors (Lipinski definition) is 3. The van der Waals surface area contributed by atoms with Gasteiger partial charge in [0.05, 0.1) is 13.7 Å². The fourth-order valence-corrected chi connectivity index (χ4v) is 5.07. The monoisotopic (exact) mass is 315 g/mol. The average Bonchev–Trinajstić information content (AvgIpc) is 3.10. The highest BCUT2D eigenvalue weighted by atomic mass is 16.5. The summed E-state index contributed by atoms with van der Waals surface area (Å²) in [5, 5.41) is 3.93. The summed E-state index contributed by atoms with van der Waals surface area (Å²) in [7, 11) is 1.74. The molecule has 0 amide bonds. The van der Waals surface area contributed by atoms with E-state index in [1.54, 1.807) is 7.11 Å². The molecule has 2 aliphatic carbocycles. The third-order valence-corrected chi connectivity index (χ3v) is 6.35. The van der Waals surface area contributed by atoms with Crippen molar-refractivity contribution in [2.75, 3.05) is 26.9 Å². The van der Waals surface area contributed by atoms with Crippen molar-refractivity contribution in [3.8, 4) is 5.75 Å². The van der Waals surface area contributed by atoms with Crippen molar-refractivity contribution in [2.45, 2.75) is 44.1 Å². The fourth-order valence-electron chi connectivity index (χ4n) is 5.07. The van der Waals surface area contributed by atoms with Crippen molar-refractivity contribution in [3.63, 3.8) is 0 Å². The van der Waals surface area contributed by atoms with Crippen LogP contribution in [0.4, 0.5) is 0 Å². The van der Waals surface area contributed by atoms with Gasteiger partial charge in [0, 0.05) is 25.1 Å². The van der Waals surface area contributed by atoms with E-state index in [9.17, 15) is 0 Å². The molecule has 3 heteroatoms. The van der Waals surface area contributed by atoms with E-state index in [2.05, 4.69) is 29.6 Å². The van der Waals surface area contributed by atoms with E-state index in [-0.39, 0.29) is 0 Å². The maximum Gasteiger partial charge on any atom is 0.118 e. The van der Waals surface area contributed by atoms with E-state index in [0.29, 0.717) is 17.9 Å². The zero-order chi connectivity index (χ0) is 15.6. The Hall–Kier alpha value is -1.06. The lowest BCUT2D eigenvalue weighted by Gasteiger charge is -2.55. The highest BCUT2D eigenvalue weighted by Crippen LogP contribution is 2.54. The van der Waals surface area contributed by atoms with Gasteiger partial charge in [0.15, 0.2) is 0 Å². The molecule has 1 aromatic rings. The van der Waals surface area contributed by atoms with Gasteiger partial charge in [-0.25, -0.2) is 0 Å². The summed E-state index contributed by atoms with van der Waals surface area (Å²) in [5.41, 5.74) is 1.49. The zero-order valence-electron chi connectivity index (χ0n) is 14.2. The smallest absolute Gasteiger partial charge is 0.118 e. The van der Waals surface area contributed by atoms with Crippen LogP contribution in [0.5, 0.6) is 5.75 Å². The van der Waals surface area contributed by atoms with Crippen LogP contribution < -0.4 is 10.1 Å². The van der Waals surface area contributed by atoms with Gasteiger partial charge in [0.25, 0.3) is 0 Å². The van der Waals surface area contributed by atoms with Crippen LogP contribution in [0.2, 0.25) is 0 Å². The number of ether oxygens (including phenoxy) is 2. The van der Waals surface area contributed by atoms with E-state index in [1.165, 1.54) is 37.7 Å². The van der Waals surface area contributed by atoms with Crippen LogP contribution in [-0.4, -0.2) is 32.9 Å². The Labute approximate surface area is 139 Å². The normalized spacial score (nSPS) is 36.3. The Morgan fingerprint density at radius 3 is 2.57 bits per heavy atom. The van der Waals surface area contributed by atoms with Crippen LogP contribution in [0.15, 0.2) is 24.3 Å². The molecule has 1 N–H and O–H groups in total. The van der Waals surface area contributed by atoms with Crippen LogP contribution in [0.25, 0.3) is 0 Å². The van der Waals surface area contributed by atoms with Crippen LogP contribution in [0, 0.1) is 17.8 Å². The molecule has 1 heterocycles. The second-order valence-electron chi connectivity index (χ2n) is 7.57. The summed E-state index contributed by atoms with van der Waals surface area (Å²) in [6.45, 7) is 3.02. The van der Waals surface area contributed by atoms with Gasteiger partial charge in [-0.3, -0.25) is 0 Å². The molecule has 5 atom stereocenters. The summed E-state index contributed by atoms with van der Waals surface area (Å²) in [6, 6.07) is 9.46. The Balaban J connectivity index is 1.46. The van der Waals surface area contributed by atoms with Gasteiger partial charge < -0.3 is 14.8 Å². The molecular weight excluding hydrogens is 286 g/mol. The molecule has 0 unspecified atom stereocenters. The standard InChI is InChI=1S/C20H29NO2/c1-22-16-8-6-15(7-9-16)19-17-4-2-3-5-18(17)20(19)21-12-14-10-11-23-13-14/h6-9,14,17-21H,2-5,10-13H2,1H3/t14-,17+,18-,19-,20-/m0/s1. The number of fused-ring (bicyclic) bond motifs is 1. The Kier molecular flexibility index (Phi) is 4.59. The number of methoxy groups -OCH3 is 1. The molecule has 1 saturated heterocycles. The number of nitrogens with one attached hydrogen (secondary N) is 1. The lowest BCUT2D eigenvalue weighted by Crippen LogP contribution is -2.58. The lowest BCUT2D eigenvalue weighted by molar-refractivity contribution is 0.0240. The second-order valence-corrected chi connectivity index (χ2v) is 7.57. The average molecular weight is 315 g/mol. The van der Waals surface area contributed by atoms with Gasteiger partial charge in [-0.15, -0.1) is 0 Å². The maximum absolute atomic E-state index is 5.53. The number of benzene rings is 1. The van der Waals surface area contributed by atoms with Crippen LogP contribution >= 0.6 is 0 Å². The van der Waals surface area contributed by atoms with E-state index in [0.717, 1.165) is 37.3 Å². The molecule has 3 nitrogen and oxygen atoms in total. The molecule has 1 aromatic carbocycles. The minimum absolute atomic E-state index is 0.661. The summed E-state index contributed by atoms with van der Waals surface area (Å²) in [5.74, 6) is 4.14. The summed E-state index contributed by atoms with van der Waals surface area (Å²) in [4.78, 5) is 0. The Morgan fingerprint density at radius 2 is 1.87 bits per heavy atom. The van der Waals surface area contributed by atoms with Gasteiger partial charge in [-0.1, -0.05) is 25.0 Å². The number of hydrogen-bond donors (Lipinski definition) is 1. The van der Waals surface area contributed by atoms with E-state index in [4.69, 9.17) is 9.47 Å². The van der Waals surface area contributed by atoms with Crippen molar-refractivity contribution in [1.29, 1.82) is 0 Å². The van der Waals surface area contributed by atoms with Crippen molar-refractivity contribution in [3.05, 3.63) is 29.8 Å². The van der Waals surface area contributed by atoms with Gasteiger partial charge in [-0.2, -0.15) is 0 Å². The van der Waals surface area contributed by atoms with E-state index >= 15 is 0 Å². The highest BCUT2D eigenvalue weighted by Gasteiger charge is 2.50. The Morgan fingerprint density at radius 1 is 1.09 bits per heavy atom. The van der Waals surface area contributed by atoms with Crippen LogP contribution in [-0.2, 0) is 4.74 Å². The molecule has 1 aliphatic heterocycles. The molecule has 2 saturated carbocycles. The van der Waals surface area contributed by atoms with Crippen molar-refractivity contribution in [2.24, 2.45) is 17.8 Å². The van der Waals surface area contributed by atoms with Crippen molar-refractivity contribution in [1.82, 2.24) is 5.32 Å². The first-order chi connectivity index (χ1) is 11.4. The minimum Gasteiger partial charge on any atom is -0.497 e. The van der Waals surface area contributed by atoms with Crippen LogP contribution in [0.1, 0.15) is 43.6 Å². The lowest BCUT2D eigenvalue weighted by atomic mass is 9.53. The molecule has 4 rings (SSSR count). The molecule has 3 aliphatic rings. The molecular formula is C20H29NO2. The fraction of sp³-hybridized carbons (Fsp3) is 0.700. The van der Waals surface area contributed by atoms with Gasteiger partial charge >= 0.3 is 0 Å². The first-order valence-corrected chi connectivity index (χ1v) is 9.32. The zero-order valence-corrected chi connectivity index (χ0v) is 14.2. The summed E-state index contributed by atoms with van der Waals surface area (Å²) >= 11 is 0. The van der Waals surface area contributed by atoms with Gasteiger partial charge in [0.1, 0.15) is 5.75 Å². The predicted octanol–water partition coefficient (Wildman–Crippen LogP) is 3.59. The molecule has 0 aromatic heterocycles. The third kappa shape index (κ3) is 3.01. The first-order valence-electron chi connectivity index (χ1n) is 9.32.